The molecule has 1 aromatic rings. The fourth-order valence-electron chi connectivity index (χ4n) is 2.22. The number of halogens is 2. The summed E-state index contributed by atoms with van der Waals surface area (Å²) in [6.07, 6.45) is 2.99. The van der Waals surface area contributed by atoms with Crippen molar-refractivity contribution >= 4 is 41.5 Å². The summed E-state index contributed by atoms with van der Waals surface area (Å²) in [6, 6.07) is 4.72. The van der Waals surface area contributed by atoms with E-state index in [1.165, 1.54) is 7.05 Å². The minimum atomic E-state index is -0.276. The van der Waals surface area contributed by atoms with Gasteiger partial charge in [0.05, 0.1) is 16.6 Å². The van der Waals surface area contributed by atoms with Gasteiger partial charge in [-0.25, -0.2) is 0 Å². The van der Waals surface area contributed by atoms with Crippen LogP contribution in [0.2, 0.25) is 5.02 Å². The molecular weight excluding hydrogens is 313 g/mol. The van der Waals surface area contributed by atoms with E-state index in [9.17, 15) is 9.59 Å². The van der Waals surface area contributed by atoms with Gasteiger partial charge in [-0.05, 0) is 37.6 Å². The van der Waals surface area contributed by atoms with Gasteiger partial charge >= 0.3 is 0 Å². The fraction of sp³-hybridized carbons (Fsp3) is 0.429. The molecule has 0 aliphatic carbocycles. The van der Waals surface area contributed by atoms with Crippen molar-refractivity contribution < 1.29 is 9.59 Å². The average molecular weight is 332 g/mol. The first-order valence-electron chi connectivity index (χ1n) is 6.67. The minimum Gasteiger partial charge on any atom is -0.355 e. The maximum absolute atomic E-state index is 12.1. The molecule has 2 rings (SSSR count). The summed E-state index contributed by atoms with van der Waals surface area (Å²) in [7, 11) is 1.54. The number of amides is 2. The quantitative estimate of drug-likeness (QED) is 0.795. The zero-order valence-corrected chi connectivity index (χ0v) is 13.3. The van der Waals surface area contributed by atoms with Crippen molar-refractivity contribution in [3.63, 3.8) is 0 Å². The van der Waals surface area contributed by atoms with E-state index in [4.69, 9.17) is 11.6 Å². The second-order valence-electron chi connectivity index (χ2n) is 4.77. The first kappa shape index (κ1) is 17.8. The fourth-order valence-corrected chi connectivity index (χ4v) is 2.42. The molecule has 1 heterocycles. The van der Waals surface area contributed by atoms with Crippen molar-refractivity contribution in [1.29, 1.82) is 0 Å². The molecule has 0 aromatic heterocycles. The SMILES string of the molecule is CNC(=O)c1cc(NC(=O)[C@@H]2CCCCN2)ccc1Cl.Cl. The predicted octanol–water partition coefficient (Wildman–Crippen LogP) is 2.20. The van der Waals surface area contributed by atoms with Gasteiger partial charge in [0.1, 0.15) is 0 Å². The Morgan fingerprint density at radius 1 is 1.33 bits per heavy atom. The Labute approximate surface area is 135 Å². The van der Waals surface area contributed by atoms with Gasteiger partial charge in [-0.3, -0.25) is 9.59 Å². The third-order valence-electron chi connectivity index (χ3n) is 3.33. The van der Waals surface area contributed by atoms with Gasteiger partial charge in [0.15, 0.2) is 0 Å². The van der Waals surface area contributed by atoms with Crippen LogP contribution in [0.1, 0.15) is 29.6 Å². The number of nitrogens with one attached hydrogen (secondary N) is 3. The van der Waals surface area contributed by atoms with Crippen LogP contribution in [-0.2, 0) is 4.79 Å². The molecule has 2 amide bonds. The molecule has 1 atom stereocenters. The molecule has 0 bridgehead atoms. The third-order valence-corrected chi connectivity index (χ3v) is 3.66. The Bertz CT molecular complexity index is 517. The zero-order valence-electron chi connectivity index (χ0n) is 11.7. The molecule has 0 unspecified atom stereocenters. The van der Waals surface area contributed by atoms with Crippen LogP contribution in [0.4, 0.5) is 5.69 Å². The average Bonchev–Trinajstić information content (AvgIpc) is 2.49. The van der Waals surface area contributed by atoms with Crippen LogP contribution < -0.4 is 16.0 Å². The van der Waals surface area contributed by atoms with E-state index in [-0.39, 0.29) is 30.3 Å². The molecule has 0 saturated carbocycles. The zero-order chi connectivity index (χ0) is 14.5. The van der Waals surface area contributed by atoms with Gasteiger partial charge in [-0.15, -0.1) is 12.4 Å². The molecule has 0 radical (unpaired) electrons. The summed E-state index contributed by atoms with van der Waals surface area (Å²) in [6.45, 7) is 0.863. The van der Waals surface area contributed by atoms with Crippen LogP contribution in [-0.4, -0.2) is 31.4 Å². The van der Waals surface area contributed by atoms with Crippen molar-refractivity contribution in [2.75, 3.05) is 18.9 Å². The highest BCUT2D eigenvalue weighted by molar-refractivity contribution is 6.34. The molecule has 7 heteroatoms. The molecule has 3 N–H and O–H groups in total. The van der Waals surface area contributed by atoms with E-state index in [0.717, 1.165) is 25.8 Å². The summed E-state index contributed by atoms with van der Waals surface area (Å²) in [5.74, 6) is -0.350. The van der Waals surface area contributed by atoms with E-state index in [2.05, 4.69) is 16.0 Å². The molecule has 0 spiro atoms. The van der Waals surface area contributed by atoms with E-state index < -0.39 is 0 Å². The normalized spacial score (nSPS) is 17.5. The molecule has 5 nitrogen and oxygen atoms in total. The largest absolute Gasteiger partial charge is 0.355 e. The van der Waals surface area contributed by atoms with Crippen molar-refractivity contribution in [1.82, 2.24) is 10.6 Å². The van der Waals surface area contributed by atoms with Crippen LogP contribution in [0.5, 0.6) is 0 Å². The van der Waals surface area contributed by atoms with Crippen LogP contribution in [0.15, 0.2) is 18.2 Å². The Morgan fingerprint density at radius 3 is 2.71 bits per heavy atom. The first-order chi connectivity index (χ1) is 9.61. The van der Waals surface area contributed by atoms with Crippen LogP contribution in [0, 0.1) is 0 Å². The number of piperidine rings is 1. The van der Waals surface area contributed by atoms with Crippen LogP contribution >= 0.6 is 24.0 Å². The second kappa shape index (κ2) is 8.22. The Hall–Kier alpha value is -1.30. The maximum Gasteiger partial charge on any atom is 0.252 e. The van der Waals surface area contributed by atoms with Gasteiger partial charge in [0.2, 0.25) is 5.91 Å². The lowest BCUT2D eigenvalue weighted by Gasteiger charge is -2.22. The summed E-state index contributed by atoms with van der Waals surface area (Å²) < 4.78 is 0. The lowest BCUT2D eigenvalue weighted by molar-refractivity contribution is -0.118. The maximum atomic E-state index is 12.1. The van der Waals surface area contributed by atoms with Crippen molar-refractivity contribution in [2.45, 2.75) is 25.3 Å². The number of anilines is 1. The van der Waals surface area contributed by atoms with Crippen molar-refractivity contribution in [2.24, 2.45) is 0 Å². The number of hydrogen-bond donors (Lipinski definition) is 3. The smallest absolute Gasteiger partial charge is 0.252 e. The minimum absolute atomic E-state index is 0. The monoisotopic (exact) mass is 331 g/mol. The summed E-state index contributed by atoms with van der Waals surface area (Å²) in [5.41, 5.74) is 0.925. The van der Waals surface area contributed by atoms with E-state index >= 15 is 0 Å². The first-order valence-corrected chi connectivity index (χ1v) is 7.05. The van der Waals surface area contributed by atoms with Crippen LogP contribution in [0.25, 0.3) is 0 Å². The molecule has 1 fully saturated rings. The Kier molecular flexibility index (Phi) is 6.95. The molecular formula is C14H19Cl2N3O2. The molecule has 21 heavy (non-hydrogen) atoms. The van der Waals surface area contributed by atoms with Crippen molar-refractivity contribution in [3.05, 3.63) is 28.8 Å². The van der Waals surface area contributed by atoms with E-state index in [1.807, 2.05) is 0 Å². The number of carbonyl (C=O) groups is 2. The molecule has 116 valence electrons. The van der Waals surface area contributed by atoms with Gasteiger partial charge in [0, 0.05) is 12.7 Å². The lowest BCUT2D eigenvalue weighted by Crippen LogP contribution is -2.43. The topological polar surface area (TPSA) is 70.2 Å². The summed E-state index contributed by atoms with van der Waals surface area (Å²) in [5, 5.41) is 8.88. The highest BCUT2D eigenvalue weighted by Crippen LogP contribution is 2.21. The molecule has 1 aliphatic heterocycles. The summed E-state index contributed by atoms with van der Waals surface area (Å²) in [4.78, 5) is 23.7. The van der Waals surface area contributed by atoms with E-state index in [0.29, 0.717) is 16.3 Å². The molecule has 1 saturated heterocycles. The van der Waals surface area contributed by atoms with E-state index in [1.54, 1.807) is 18.2 Å². The Balaban J connectivity index is 0.00000220. The Morgan fingerprint density at radius 2 is 2.10 bits per heavy atom. The van der Waals surface area contributed by atoms with Gasteiger partial charge in [0.25, 0.3) is 5.91 Å². The lowest BCUT2D eigenvalue weighted by atomic mass is 10.0. The standard InChI is InChI=1S/C14H18ClN3O2.ClH/c1-16-13(19)10-8-9(5-6-11(10)15)18-14(20)12-4-2-3-7-17-12;/h5-6,8,12,17H,2-4,7H2,1H3,(H,16,19)(H,18,20);1H/t12-;/m0./s1. The summed E-state index contributed by atoms with van der Waals surface area (Å²) >= 11 is 5.97. The number of benzene rings is 1. The van der Waals surface area contributed by atoms with Gasteiger partial charge in [-0.1, -0.05) is 18.0 Å². The van der Waals surface area contributed by atoms with Crippen molar-refractivity contribution in [3.8, 4) is 0 Å². The predicted molar refractivity (Wildman–Crippen MR) is 86.4 cm³/mol. The van der Waals surface area contributed by atoms with Gasteiger partial charge in [-0.2, -0.15) is 0 Å². The van der Waals surface area contributed by atoms with Crippen LogP contribution in [0.3, 0.4) is 0 Å². The molecule has 1 aliphatic rings. The number of rotatable bonds is 3. The second-order valence-corrected chi connectivity index (χ2v) is 5.17. The van der Waals surface area contributed by atoms with Gasteiger partial charge < -0.3 is 16.0 Å². The third kappa shape index (κ3) is 4.59. The molecule has 1 aromatic carbocycles. The highest BCUT2D eigenvalue weighted by Gasteiger charge is 2.20. The number of carbonyl (C=O) groups excluding carboxylic acids is 2. The number of hydrogen-bond acceptors (Lipinski definition) is 3. The highest BCUT2D eigenvalue weighted by atomic mass is 35.5.